The van der Waals surface area contributed by atoms with Gasteiger partial charge in [0.2, 0.25) is 0 Å². The van der Waals surface area contributed by atoms with Gasteiger partial charge < -0.3 is 0 Å². The Morgan fingerprint density at radius 1 is 1.11 bits per heavy atom. The molecule has 1 unspecified atom stereocenters. The molecule has 1 saturated carbocycles. The molecule has 2 aromatic rings. The van der Waals surface area contributed by atoms with Crippen LogP contribution < -0.4 is 0 Å². The highest BCUT2D eigenvalue weighted by molar-refractivity contribution is 6.31. The molecule has 0 bridgehead atoms. The van der Waals surface area contributed by atoms with Crippen LogP contribution in [-0.2, 0) is 12.0 Å². The van der Waals surface area contributed by atoms with Crippen molar-refractivity contribution in [2.24, 2.45) is 5.92 Å². The summed E-state index contributed by atoms with van der Waals surface area (Å²) in [6.07, 6.45) is 5.37. The lowest BCUT2D eigenvalue weighted by atomic mass is 9.61. The minimum atomic E-state index is -0.452. The van der Waals surface area contributed by atoms with Crippen molar-refractivity contribution in [3.05, 3.63) is 70.7 Å². The van der Waals surface area contributed by atoms with Gasteiger partial charge in [0.05, 0.1) is 11.5 Å². The van der Waals surface area contributed by atoms with Crippen molar-refractivity contribution < 1.29 is 0 Å². The van der Waals surface area contributed by atoms with E-state index in [1.807, 2.05) is 18.2 Å². The van der Waals surface area contributed by atoms with E-state index < -0.39 is 5.41 Å². The van der Waals surface area contributed by atoms with E-state index in [1.165, 1.54) is 12.0 Å². The number of halogens is 1. The highest BCUT2D eigenvalue weighted by Gasteiger charge is 2.44. The van der Waals surface area contributed by atoms with Crippen LogP contribution in [0, 0.1) is 17.2 Å². The largest absolute Gasteiger partial charge is 0.297 e. The smallest absolute Gasteiger partial charge is 0.0865 e. The van der Waals surface area contributed by atoms with E-state index in [0.29, 0.717) is 12.0 Å². The molecular formula is C25H31ClN2. The Morgan fingerprint density at radius 2 is 1.79 bits per heavy atom. The van der Waals surface area contributed by atoms with E-state index >= 15 is 0 Å². The van der Waals surface area contributed by atoms with Crippen molar-refractivity contribution in [3.8, 4) is 6.07 Å². The van der Waals surface area contributed by atoms with Crippen molar-refractivity contribution in [2.75, 3.05) is 6.54 Å². The molecule has 1 atom stereocenters. The second kappa shape index (κ2) is 9.59. The summed E-state index contributed by atoms with van der Waals surface area (Å²) in [6.45, 7) is 6.45. The molecule has 0 heterocycles. The summed E-state index contributed by atoms with van der Waals surface area (Å²) in [5.41, 5.74) is 1.92. The average Bonchev–Trinajstić information content (AvgIpc) is 2.66. The predicted octanol–water partition coefficient (Wildman–Crippen LogP) is 6.59. The van der Waals surface area contributed by atoms with Gasteiger partial charge in [-0.05, 0) is 69.2 Å². The van der Waals surface area contributed by atoms with Crippen LogP contribution in [0.2, 0.25) is 5.02 Å². The fraction of sp³-hybridized carbons (Fsp3) is 0.480. The molecule has 1 aliphatic carbocycles. The van der Waals surface area contributed by atoms with E-state index in [4.69, 9.17) is 11.6 Å². The highest BCUT2D eigenvalue weighted by atomic mass is 35.5. The zero-order valence-electron chi connectivity index (χ0n) is 17.1. The van der Waals surface area contributed by atoms with Crippen LogP contribution in [0.3, 0.4) is 0 Å². The molecule has 2 aromatic carbocycles. The van der Waals surface area contributed by atoms with E-state index in [2.05, 4.69) is 61.2 Å². The molecule has 148 valence electrons. The first-order valence-electron chi connectivity index (χ1n) is 10.5. The maximum absolute atomic E-state index is 10.3. The number of benzene rings is 2. The SMILES string of the molecule is CC(C)N(CCCC(C#N)(c1ccccc1Cl)C1CCC1)Cc1ccccc1. The Labute approximate surface area is 175 Å². The number of hydrogen-bond acceptors (Lipinski definition) is 2. The van der Waals surface area contributed by atoms with E-state index in [1.54, 1.807) is 0 Å². The first-order chi connectivity index (χ1) is 13.6. The van der Waals surface area contributed by atoms with Crippen LogP contribution in [0.4, 0.5) is 0 Å². The van der Waals surface area contributed by atoms with E-state index in [0.717, 1.165) is 49.4 Å². The average molecular weight is 395 g/mol. The molecule has 0 saturated heterocycles. The molecule has 0 aromatic heterocycles. The first kappa shape index (κ1) is 20.9. The Hall–Kier alpha value is -1.82. The summed E-state index contributed by atoms with van der Waals surface area (Å²) in [5, 5.41) is 11.0. The molecule has 28 heavy (non-hydrogen) atoms. The Bertz CT molecular complexity index is 792. The van der Waals surface area contributed by atoms with Crippen LogP contribution in [0.25, 0.3) is 0 Å². The molecule has 1 aliphatic rings. The fourth-order valence-corrected chi connectivity index (χ4v) is 4.69. The van der Waals surface area contributed by atoms with E-state index in [9.17, 15) is 5.26 Å². The molecule has 3 heteroatoms. The lowest BCUT2D eigenvalue weighted by Crippen LogP contribution is -2.39. The van der Waals surface area contributed by atoms with Crippen LogP contribution in [0.1, 0.15) is 57.1 Å². The van der Waals surface area contributed by atoms with E-state index in [-0.39, 0.29) is 0 Å². The van der Waals surface area contributed by atoms with Crippen LogP contribution in [0.15, 0.2) is 54.6 Å². The summed E-state index contributed by atoms with van der Waals surface area (Å²) < 4.78 is 0. The summed E-state index contributed by atoms with van der Waals surface area (Å²) in [7, 11) is 0. The quantitative estimate of drug-likeness (QED) is 0.479. The molecule has 3 rings (SSSR count). The molecule has 0 N–H and O–H groups in total. The fourth-order valence-electron chi connectivity index (χ4n) is 4.39. The molecule has 0 radical (unpaired) electrons. The van der Waals surface area contributed by atoms with Gasteiger partial charge >= 0.3 is 0 Å². The van der Waals surface area contributed by atoms with Crippen molar-refractivity contribution >= 4 is 11.6 Å². The second-order valence-corrected chi connectivity index (χ2v) is 8.75. The predicted molar refractivity (Wildman–Crippen MR) is 117 cm³/mol. The lowest BCUT2D eigenvalue weighted by molar-refractivity contribution is 0.170. The summed E-state index contributed by atoms with van der Waals surface area (Å²) in [4.78, 5) is 2.50. The molecule has 2 nitrogen and oxygen atoms in total. The summed E-state index contributed by atoms with van der Waals surface area (Å²) in [5.74, 6) is 0.430. The molecule has 1 fully saturated rings. The van der Waals surface area contributed by atoms with Gasteiger partial charge in [0, 0.05) is 17.6 Å². The van der Waals surface area contributed by atoms with Gasteiger partial charge in [-0.3, -0.25) is 4.90 Å². The highest BCUT2D eigenvalue weighted by Crippen LogP contribution is 2.48. The van der Waals surface area contributed by atoms with Gasteiger partial charge in [-0.2, -0.15) is 5.26 Å². The Morgan fingerprint density at radius 3 is 2.36 bits per heavy atom. The van der Waals surface area contributed by atoms with Gasteiger partial charge in [-0.15, -0.1) is 0 Å². The van der Waals surface area contributed by atoms with Crippen molar-refractivity contribution in [1.29, 1.82) is 5.26 Å². The van der Waals surface area contributed by atoms with Gasteiger partial charge in [0.25, 0.3) is 0 Å². The second-order valence-electron chi connectivity index (χ2n) is 8.34. The first-order valence-corrected chi connectivity index (χ1v) is 10.9. The van der Waals surface area contributed by atoms with Crippen LogP contribution >= 0.6 is 11.6 Å². The number of hydrogen-bond donors (Lipinski definition) is 0. The molecule has 0 amide bonds. The summed E-state index contributed by atoms with van der Waals surface area (Å²) >= 11 is 6.55. The van der Waals surface area contributed by atoms with Crippen molar-refractivity contribution in [1.82, 2.24) is 4.90 Å². The minimum Gasteiger partial charge on any atom is -0.297 e. The molecule has 0 spiro atoms. The van der Waals surface area contributed by atoms with Gasteiger partial charge in [0.1, 0.15) is 0 Å². The van der Waals surface area contributed by atoms with Crippen molar-refractivity contribution in [2.45, 2.75) is 64.0 Å². The zero-order valence-corrected chi connectivity index (χ0v) is 17.8. The minimum absolute atomic E-state index is 0.430. The maximum atomic E-state index is 10.3. The monoisotopic (exact) mass is 394 g/mol. The van der Waals surface area contributed by atoms with Gasteiger partial charge in [-0.25, -0.2) is 0 Å². The van der Waals surface area contributed by atoms with Crippen LogP contribution in [0.5, 0.6) is 0 Å². The van der Waals surface area contributed by atoms with Gasteiger partial charge in [-0.1, -0.05) is 66.6 Å². The standard InChI is InChI=1S/C25H31ClN2/c1-20(2)28(18-21-10-4-3-5-11-21)17-9-16-25(19-27,22-12-8-13-22)23-14-6-7-15-24(23)26/h3-7,10-11,14-15,20,22H,8-9,12-13,16-18H2,1-2H3. The number of nitrogens with zero attached hydrogens (tertiary/aromatic N) is 2. The molecule has 0 aliphatic heterocycles. The van der Waals surface area contributed by atoms with Crippen LogP contribution in [-0.4, -0.2) is 17.5 Å². The normalized spacial score (nSPS) is 16.6. The Balaban J connectivity index is 1.73. The Kier molecular flexibility index (Phi) is 7.16. The lowest BCUT2D eigenvalue weighted by Gasteiger charge is -2.42. The maximum Gasteiger partial charge on any atom is 0.0865 e. The number of nitriles is 1. The molecular weight excluding hydrogens is 364 g/mol. The third-order valence-electron chi connectivity index (χ3n) is 6.33. The number of rotatable bonds is 9. The van der Waals surface area contributed by atoms with Crippen molar-refractivity contribution in [3.63, 3.8) is 0 Å². The third kappa shape index (κ3) is 4.59. The summed E-state index contributed by atoms with van der Waals surface area (Å²) in [6, 6.07) is 21.8. The topological polar surface area (TPSA) is 27.0 Å². The van der Waals surface area contributed by atoms with Gasteiger partial charge in [0.15, 0.2) is 0 Å². The third-order valence-corrected chi connectivity index (χ3v) is 6.66. The zero-order chi connectivity index (χ0) is 20.0.